The molecular formula is C20H36. The van der Waals surface area contributed by atoms with Gasteiger partial charge in [0.2, 0.25) is 0 Å². The van der Waals surface area contributed by atoms with Gasteiger partial charge in [-0.05, 0) is 37.3 Å². The van der Waals surface area contributed by atoms with E-state index in [9.17, 15) is 0 Å². The molecule has 0 nitrogen and oxygen atoms in total. The average molecular weight is 277 g/mol. The Hall–Kier alpha value is -1.56. The van der Waals surface area contributed by atoms with Gasteiger partial charge in [0.05, 0.1) is 0 Å². The molecule has 0 aromatic rings. The van der Waals surface area contributed by atoms with Gasteiger partial charge in [-0.1, -0.05) is 71.2 Å². The quantitative estimate of drug-likeness (QED) is 0.373. The average Bonchev–Trinajstić information content (AvgIpc) is 2.39. The molecule has 0 aliphatic rings. The molecule has 0 aromatic carbocycles. The second kappa shape index (κ2) is 26.1. The van der Waals surface area contributed by atoms with Crippen molar-refractivity contribution in [1.29, 1.82) is 0 Å². The van der Waals surface area contributed by atoms with E-state index in [4.69, 9.17) is 0 Å². The van der Waals surface area contributed by atoms with Crippen molar-refractivity contribution in [3.63, 3.8) is 0 Å². The van der Waals surface area contributed by atoms with Crippen LogP contribution in [0.25, 0.3) is 0 Å². The van der Waals surface area contributed by atoms with Crippen molar-refractivity contribution in [2.24, 2.45) is 5.92 Å². The highest BCUT2D eigenvalue weighted by Crippen LogP contribution is 2.08. The lowest BCUT2D eigenvalue weighted by molar-refractivity contribution is 0.737. The van der Waals surface area contributed by atoms with Crippen LogP contribution in [0.4, 0.5) is 0 Å². The molecule has 0 saturated carbocycles. The Morgan fingerprint density at radius 2 is 1.25 bits per heavy atom. The first kappa shape index (κ1) is 26.9. The molecule has 0 heteroatoms. The van der Waals surface area contributed by atoms with Gasteiger partial charge in [-0.15, -0.1) is 19.7 Å². The van der Waals surface area contributed by atoms with E-state index in [0.717, 1.165) is 23.5 Å². The van der Waals surface area contributed by atoms with Gasteiger partial charge in [-0.3, -0.25) is 0 Å². The minimum atomic E-state index is 0.833. The van der Waals surface area contributed by atoms with Gasteiger partial charge in [-0.2, -0.15) is 0 Å². The number of allylic oxidation sites excluding steroid dienone is 7. The van der Waals surface area contributed by atoms with Crippen molar-refractivity contribution in [3.05, 3.63) is 74.4 Å². The van der Waals surface area contributed by atoms with Crippen LogP contribution in [0, 0.1) is 5.92 Å². The molecule has 0 aliphatic heterocycles. The third-order valence-electron chi connectivity index (χ3n) is 1.34. The van der Waals surface area contributed by atoms with Gasteiger partial charge in [-0.25, -0.2) is 0 Å². The van der Waals surface area contributed by atoms with Crippen LogP contribution < -0.4 is 0 Å². The maximum absolute atomic E-state index is 3.87. The van der Waals surface area contributed by atoms with E-state index in [0.29, 0.717) is 0 Å². The van der Waals surface area contributed by atoms with Crippen molar-refractivity contribution in [2.75, 3.05) is 0 Å². The molecule has 0 saturated heterocycles. The summed E-state index contributed by atoms with van der Waals surface area (Å²) in [7, 11) is 0. The summed E-state index contributed by atoms with van der Waals surface area (Å²) in [6.07, 6.45) is 10.8. The number of hydrogen-bond acceptors (Lipinski definition) is 0. The summed E-state index contributed by atoms with van der Waals surface area (Å²) in [6, 6.07) is 0. The van der Waals surface area contributed by atoms with E-state index in [-0.39, 0.29) is 0 Å². The molecule has 0 bridgehead atoms. The topological polar surface area (TPSA) is 0 Å². The zero-order valence-electron chi connectivity index (χ0n) is 14.7. The van der Waals surface area contributed by atoms with Gasteiger partial charge in [0.25, 0.3) is 0 Å². The molecule has 0 amide bonds. The Balaban J connectivity index is -0.000000118. The van der Waals surface area contributed by atoms with Crippen LogP contribution in [0.15, 0.2) is 74.4 Å². The van der Waals surface area contributed by atoms with E-state index < -0.39 is 0 Å². The van der Waals surface area contributed by atoms with Crippen LogP contribution in [-0.2, 0) is 0 Å². The molecule has 0 unspecified atom stereocenters. The predicted molar refractivity (Wildman–Crippen MR) is 100 cm³/mol. The summed E-state index contributed by atoms with van der Waals surface area (Å²) in [4.78, 5) is 0. The second-order valence-electron chi connectivity index (χ2n) is 4.50. The fourth-order valence-electron chi connectivity index (χ4n) is 0.675. The monoisotopic (exact) mass is 276 g/mol. The zero-order chi connectivity index (χ0) is 17.0. The molecule has 0 fully saturated rings. The summed E-state index contributed by atoms with van der Waals surface area (Å²) < 4.78 is 0. The van der Waals surface area contributed by atoms with Gasteiger partial charge >= 0.3 is 0 Å². The van der Waals surface area contributed by atoms with E-state index in [2.05, 4.69) is 66.7 Å². The Morgan fingerprint density at radius 3 is 1.50 bits per heavy atom. The fourth-order valence-corrected chi connectivity index (χ4v) is 0.675. The standard InChI is InChI=1S/C11H16.C4H10.C3H6.C2H4/c1-5-7-9-11(4)10(3)8-6-2;1-4(2)3;1-3-2;1-2/h6-9H,3-5H2,1-2H3;4H,1-3H3;3H,1H2,2H3;1-2H2/b8-6-,9-7-;;;. The van der Waals surface area contributed by atoms with Crippen molar-refractivity contribution >= 4 is 0 Å². The van der Waals surface area contributed by atoms with Gasteiger partial charge in [0.1, 0.15) is 0 Å². The van der Waals surface area contributed by atoms with Crippen molar-refractivity contribution in [1.82, 2.24) is 0 Å². The van der Waals surface area contributed by atoms with E-state index in [1.807, 2.05) is 32.1 Å². The van der Waals surface area contributed by atoms with E-state index in [1.165, 1.54) is 0 Å². The molecule has 0 radical (unpaired) electrons. The largest absolute Gasteiger partial charge is 0.106 e. The summed E-state index contributed by atoms with van der Waals surface area (Å²) >= 11 is 0. The van der Waals surface area contributed by atoms with E-state index >= 15 is 0 Å². The lowest BCUT2D eigenvalue weighted by Gasteiger charge is -1.96. The first-order chi connectivity index (χ1) is 9.37. The lowest BCUT2D eigenvalue weighted by atomic mass is 10.1. The third kappa shape index (κ3) is 44.0. The summed E-state index contributed by atoms with van der Waals surface area (Å²) in [5.41, 5.74) is 1.97. The Labute approximate surface area is 129 Å². The molecule has 0 atom stereocenters. The highest BCUT2D eigenvalue weighted by Gasteiger charge is 1.88. The summed E-state index contributed by atoms with van der Waals surface area (Å²) in [5.74, 6) is 0.833. The Kier molecular flexibility index (Phi) is 35.1. The number of hydrogen-bond donors (Lipinski definition) is 0. The van der Waals surface area contributed by atoms with Gasteiger partial charge in [0, 0.05) is 0 Å². The minimum absolute atomic E-state index is 0.833. The second-order valence-corrected chi connectivity index (χ2v) is 4.50. The minimum Gasteiger partial charge on any atom is -0.106 e. The van der Waals surface area contributed by atoms with Gasteiger partial charge < -0.3 is 0 Å². The molecule has 20 heavy (non-hydrogen) atoms. The highest BCUT2D eigenvalue weighted by atomic mass is 13.9. The van der Waals surface area contributed by atoms with Crippen LogP contribution in [0.3, 0.4) is 0 Å². The number of rotatable bonds is 4. The van der Waals surface area contributed by atoms with Crippen molar-refractivity contribution in [2.45, 2.75) is 48.0 Å². The first-order valence-electron chi connectivity index (χ1n) is 7.11. The maximum atomic E-state index is 3.87. The van der Waals surface area contributed by atoms with Crippen LogP contribution in [0.1, 0.15) is 48.0 Å². The summed E-state index contributed by atoms with van der Waals surface area (Å²) in [6.45, 7) is 29.6. The predicted octanol–water partition coefficient (Wildman–Crippen LogP) is 7.30. The highest BCUT2D eigenvalue weighted by molar-refractivity contribution is 5.42. The third-order valence-corrected chi connectivity index (χ3v) is 1.34. The van der Waals surface area contributed by atoms with Crippen LogP contribution in [-0.4, -0.2) is 0 Å². The van der Waals surface area contributed by atoms with Crippen LogP contribution >= 0.6 is 0 Å². The normalized spacial score (nSPS) is 8.75. The Bertz CT molecular complexity index is 272. The fraction of sp³-hybridized carbons (Fsp3) is 0.400. The van der Waals surface area contributed by atoms with Crippen molar-refractivity contribution < 1.29 is 0 Å². The molecular weight excluding hydrogens is 240 g/mol. The molecule has 0 spiro atoms. The molecule has 0 heterocycles. The van der Waals surface area contributed by atoms with Gasteiger partial charge in [0.15, 0.2) is 0 Å². The first-order valence-corrected chi connectivity index (χ1v) is 7.11. The SMILES string of the molecule is C=C.C=C(/C=C\C)C(=C)/C=C\CC.C=CC.CC(C)C. The van der Waals surface area contributed by atoms with Crippen molar-refractivity contribution in [3.8, 4) is 0 Å². The molecule has 116 valence electrons. The smallest absolute Gasteiger partial charge is 0.0265 e. The molecule has 0 N–H and O–H groups in total. The summed E-state index contributed by atoms with van der Waals surface area (Å²) in [5, 5.41) is 0. The zero-order valence-corrected chi connectivity index (χ0v) is 14.7. The maximum Gasteiger partial charge on any atom is -0.0265 e. The lowest BCUT2D eigenvalue weighted by Crippen LogP contribution is -1.76. The van der Waals surface area contributed by atoms with Crippen LogP contribution in [0.2, 0.25) is 0 Å². The van der Waals surface area contributed by atoms with Crippen LogP contribution in [0.5, 0.6) is 0 Å². The molecule has 0 aliphatic carbocycles. The Morgan fingerprint density at radius 1 is 0.950 bits per heavy atom. The van der Waals surface area contributed by atoms with E-state index in [1.54, 1.807) is 6.08 Å². The molecule has 0 rings (SSSR count). The molecule has 0 aromatic heterocycles.